The molecule has 2 aliphatic rings. The van der Waals surface area contributed by atoms with Crippen LogP contribution in [0, 0.1) is 0 Å². The van der Waals surface area contributed by atoms with Crippen LogP contribution in [0.15, 0.2) is 36.7 Å². The standard InChI is InChI=1S/C23H33N5O2/c1-2-28-16-18(15-25-28)14-24-20-9-12-26(13-10-20)21-7-5-19(6-8-21)23(30)27-11-3-4-22(29)17-27/h5-8,15-16,20,22,24,29H,2-4,9-14,17H2,1H3. The Morgan fingerprint density at radius 1 is 1.17 bits per heavy atom. The van der Waals surface area contributed by atoms with Gasteiger partial charge in [0.15, 0.2) is 0 Å². The van der Waals surface area contributed by atoms with Crippen molar-refractivity contribution >= 4 is 11.6 Å². The maximum atomic E-state index is 12.7. The summed E-state index contributed by atoms with van der Waals surface area (Å²) in [5.41, 5.74) is 3.12. The number of nitrogens with zero attached hydrogens (tertiary/aromatic N) is 4. The maximum absolute atomic E-state index is 12.7. The van der Waals surface area contributed by atoms with Gasteiger partial charge in [-0.25, -0.2) is 0 Å². The summed E-state index contributed by atoms with van der Waals surface area (Å²) in [5.74, 6) is 0.0228. The minimum Gasteiger partial charge on any atom is -0.391 e. The van der Waals surface area contributed by atoms with Crippen molar-refractivity contribution < 1.29 is 9.90 Å². The number of nitrogens with one attached hydrogen (secondary N) is 1. The van der Waals surface area contributed by atoms with Crippen LogP contribution in [0.25, 0.3) is 0 Å². The molecule has 0 aliphatic carbocycles. The van der Waals surface area contributed by atoms with E-state index in [1.54, 1.807) is 4.90 Å². The number of benzene rings is 1. The Hall–Kier alpha value is -2.38. The second-order valence-corrected chi connectivity index (χ2v) is 8.44. The molecule has 1 aromatic carbocycles. The molecule has 7 heteroatoms. The second-order valence-electron chi connectivity index (χ2n) is 8.44. The third kappa shape index (κ3) is 5.02. The first-order chi connectivity index (χ1) is 14.6. The lowest BCUT2D eigenvalue weighted by atomic mass is 10.0. The lowest BCUT2D eigenvalue weighted by molar-refractivity contribution is 0.0474. The van der Waals surface area contributed by atoms with Gasteiger partial charge in [0, 0.05) is 68.3 Å². The quantitative estimate of drug-likeness (QED) is 0.763. The van der Waals surface area contributed by atoms with Gasteiger partial charge in [0.05, 0.1) is 12.3 Å². The molecule has 0 bridgehead atoms. The van der Waals surface area contributed by atoms with Crippen LogP contribution in [0.3, 0.4) is 0 Å². The highest BCUT2D eigenvalue weighted by atomic mass is 16.3. The number of carbonyl (C=O) groups is 1. The number of hydrogen-bond acceptors (Lipinski definition) is 5. The van der Waals surface area contributed by atoms with Gasteiger partial charge in [-0.3, -0.25) is 9.48 Å². The Labute approximate surface area is 178 Å². The van der Waals surface area contributed by atoms with Crippen LogP contribution in [-0.4, -0.2) is 64.0 Å². The lowest BCUT2D eigenvalue weighted by Gasteiger charge is -2.34. The average molecular weight is 412 g/mol. The molecule has 30 heavy (non-hydrogen) atoms. The molecular weight excluding hydrogens is 378 g/mol. The van der Waals surface area contributed by atoms with E-state index < -0.39 is 0 Å². The second kappa shape index (κ2) is 9.62. The smallest absolute Gasteiger partial charge is 0.253 e. The molecule has 4 rings (SSSR count). The highest BCUT2D eigenvalue weighted by molar-refractivity contribution is 5.94. The molecule has 7 nitrogen and oxygen atoms in total. The largest absolute Gasteiger partial charge is 0.391 e. The summed E-state index contributed by atoms with van der Waals surface area (Å²) in [7, 11) is 0. The van der Waals surface area contributed by atoms with E-state index in [0.29, 0.717) is 18.2 Å². The van der Waals surface area contributed by atoms with E-state index in [9.17, 15) is 9.90 Å². The Bertz CT molecular complexity index is 826. The molecule has 2 aromatic rings. The number of β-amino-alcohol motifs (C(OH)–C–C–N with tert-alkyl or cyclic N) is 1. The Morgan fingerprint density at radius 2 is 1.93 bits per heavy atom. The van der Waals surface area contributed by atoms with Crippen molar-refractivity contribution in [1.82, 2.24) is 20.0 Å². The monoisotopic (exact) mass is 411 g/mol. The van der Waals surface area contributed by atoms with E-state index in [-0.39, 0.29) is 12.0 Å². The Balaban J connectivity index is 1.26. The minimum absolute atomic E-state index is 0.0228. The van der Waals surface area contributed by atoms with Gasteiger partial charge in [0.1, 0.15) is 0 Å². The van der Waals surface area contributed by atoms with Crippen molar-refractivity contribution in [3.05, 3.63) is 47.8 Å². The number of likely N-dealkylation sites (tertiary alicyclic amines) is 1. The topological polar surface area (TPSA) is 73.6 Å². The summed E-state index contributed by atoms with van der Waals surface area (Å²) >= 11 is 0. The molecule has 3 heterocycles. The number of hydrogen-bond donors (Lipinski definition) is 2. The van der Waals surface area contributed by atoms with Gasteiger partial charge in [-0.05, 0) is 56.9 Å². The normalized spacial score (nSPS) is 20.5. The van der Waals surface area contributed by atoms with Gasteiger partial charge in [-0.1, -0.05) is 0 Å². The SMILES string of the molecule is CCn1cc(CNC2CCN(c3ccc(C(=O)N4CCCC(O)C4)cc3)CC2)cn1. The minimum atomic E-state index is -0.389. The van der Waals surface area contributed by atoms with E-state index in [4.69, 9.17) is 0 Å². The number of aryl methyl sites for hydroxylation is 1. The van der Waals surface area contributed by atoms with E-state index >= 15 is 0 Å². The number of carbonyl (C=O) groups excluding carboxylic acids is 1. The average Bonchev–Trinajstić information content (AvgIpc) is 3.26. The molecule has 1 aromatic heterocycles. The molecule has 2 fully saturated rings. The first kappa shape index (κ1) is 20.9. The van der Waals surface area contributed by atoms with Crippen molar-refractivity contribution in [2.24, 2.45) is 0 Å². The summed E-state index contributed by atoms with van der Waals surface area (Å²) in [5, 5.41) is 17.8. The highest BCUT2D eigenvalue weighted by Crippen LogP contribution is 2.22. The molecule has 1 amide bonds. The van der Waals surface area contributed by atoms with Crippen LogP contribution >= 0.6 is 0 Å². The number of amides is 1. The number of piperidine rings is 2. The highest BCUT2D eigenvalue weighted by Gasteiger charge is 2.24. The molecule has 162 valence electrons. The molecule has 1 atom stereocenters. The Kier molecular flexibility index (Phi) is 6.69. The fraction of sp³-hybridized carbons (Fsp3) is 0.565. The summed E-state index contributed by atoms with van der Waals surface area (Å²) in [6.45, 7) is 7.07. The van der Waals surface area contributed by atoms with Crippen molar-refractivity contribution in [2.75, 3.05) is 31.1 Å². The molecule has 0 spiro atoms. The van der Waals surface area contributed by atoms with Crippen LogP contribution in [0.5, 0.6) is 0 Å². The molecule has 0 saturated carbocycles. The van der Waals surface area contributed by atoms with Crippen LogP contribution in [-0.2, 0) is 13.1 Å². The first-order valence-electron chi connectivity index (χ1n) is 11.2. The first-order valence-corrected chi connectivity index (χ1v) is 11.2. The number of aliphatic hydroxyl groups excluding tert-OH is 1. The zero-order valence-electron chi connectivity index (χ0n) is 17.8. The van der Waals surface area contributed by atoms with Crippen molar-refractivity contribution in [2.45, 2.75) is 57.8 Å². The van der Waals surface area contributed by atoms with E-state index in [1.165, 1.54) is 11.3 Å². The number of aliphatic hydroxyl groups is 1. The van der Waals surface area contributed by atoms with Gasteiger partial charge < -0.3 is 20.2 Å². The third-order valence-corrected chi connectivity index (χ3v) is 6.26. The van der Waals surface area contributed by atoms with E-state index in [2.05, 4.69) is 40.6 Å². The van der Waals surface area contributed by atoms with Crippen molar-refractivity contribution in [3.8, 4) is 0 Å². The molecule has 2 aliphatic heterocycles. The summed E-state index contributed by atoms with van der Waals surface area (Å²) in [6.07, 6.45) is 7.53. The molecule has 0 radical (unpaired) electrons. The van der Waals surface area contributed by atoms with Gasteiger partial charge in [0.2, 0.25) is 0 Å². The van der Waals surface area contributed by atoms with Crippen LogP contribution in [0.1, 0.15) is 48.5 Å². The zero-order valence-corrected chi connectivity index (χ0v) is 17.8. The molecular formula is C23H33N5O2. The van der Waals surface area contributed by atoms with E-state index in [1.807, 2.05) is 23.0 Å². The van der Waals surface area contributed by atoms with Gasteiger partial charge in [0.25, 0.3) is 5.91 Å². The predicted molar refractivity (Wildman–Crippen MR) is 118 cm³/mol. The zero-order chi connectivity index (χ0) is 20.9. The van der Waals surface area contributed by atoms with Crippen molar-refractivity contribution in [1.29, 1.82) is 0 Å². The molecule has 2 N–H and O–H groups in total. The number of anilines is 1. The maximum Gasteiger partial charge on any atom is 0.253 e. The third-order valence-electron chi connectivity index (χ3n) is 6.26. The fourth-order valence-electron chi connectivity index (χ4n) is 4.41. The van der Waals surface area contributed by atoms with Gasteiger partial charge >= 0.3 is 0 Å². The van der Waals surface area contributed by atoms with Gasteiger partial charge in [-0.2, -0.15) is 5.10 Å². The number of rotatable bonds is 6. The molecule has 2 saturated heterocycles. The predicted octanol–water partition coefficient (Wildman–Crippen LogP) is 2.26. The van der Waals surface area contributed by atoms with E-state index in [0.717, 1.165) is 58.4 Å². The fourth-order valence-corrected chi connectivity index (χ4v) is 4.41. The summed E-state index contributed by atoms with van der Waals surface area (Å²) in [4.78, 5) is 16.8. The number of aromatic nitrogens is 2. The lowest BCUT2D eigenvalue weighted by Crippen LogP contribution is -2.42. The van der Waals surface area contributed by atoms with Crippen LogP contribution in [0.2, 0.25) is 0 Å². The van der Waals surface area contributed by atoms with Crippen molar-refractivity contribution in [3.63, 3.8) is 0 Å². The van der Waals surface area contributed by atoms with Crippen LogP contribution < -0.4 is 10.2 Å². The van der Waals surface area contributed by atoms with Crippen LogP contribution in [0.4, 0.5) is 5.69 Å². The summed E-state index contributed by atoms with van der Waals surface area (Å²) in [6, 6.07) is 8.49. The molecule has 1 unspecified atom stereocenters. The summed E-state index contributed by atoms with van der Waals surface area (Å²) < 4.78 is 1.96. The Morgan fingerprint density at radius 3 is 2.60 bits per heavy atom. The van der Waals surface area contributed by atoms with Gasteiger partial charge in [-0.15, -0.1) is 0 Å².